The van der Waals surface area contributed by atoms with Crippen molar-refractivity contribution >= 4 is 52.8 Å². The van der Waals surface area contributed by atoms with Gasteiger partial charge in [-0.25, -0.2) is 0 Å². The van der Waals surface area contributed by atoms with Crippen LogP contribution in [-0.2, 0) is 62.1 Å². The first kappa shape index (κ1) is 107. The van der Waals surface area contributed by atoms with E-state index in [-0.39, 0.29) is 191 Å². The van der Waals surface area contributed by atoms with Gasteiger partial charge >= 0.3 is 23.9 Å². The van der Waals surface area contributed by atoms with E-state index in [2.05, 4.69) is 232 Å². The maximum atomic E-state index is 14.4. The predicted molar refractivity (Wildman–Crippen MR) is 563 cm³/mol. The Labute approximate surface area is 853 Å². The summed E-state index contributed by atoms with van der Waals surface area (Å²) in [7, 11) is 6.11. The third kappa shape index (κ3) is 14.3. The van der Waals surface area contributed by atoms with Crippen molar-refractivity contribution < 1.29 is 62.1 Å². The highest BCUT2D eigenvalue weighted by molar-refractivity contribution is 6.00. The Hall–Kier alpha value is -5.59. The van der Waals surface area contributed by atoms with Crippen LogP contribution >= 0.6 is 0 Å². The highest BCUT2D eigenvalue weighted by atomic mass is 16.5. The van der Waals surface area contributed by atoms with Crippen LogP contribution in [0.25, 0.3) is 0 Å². The Balaban J connectivity index is 0.000000130. The number of hydrogen-bond donors (Lipinski definition) is 0. The second kappa shape index (κ2) is 33.5. The first-order valence-electron chi connectivity index (χ1n) is 56.9. The first-order chi connectivity index (χ1) is 64.9. The molecule has 0 spiro atoms. The summed E-state index contributed by atoms with van der Waals surface area (Å²) < 4.78 is 21.8. The number of carbonyl (C=O) groups excluding carboxylic acids is 9. The Bertz CT molecular complexity index is 5000. The zero-order valence-electron chi connectivity index (χ0n) is 94.8. The van der Waals surface area contributed by atoms with E-state index in [1.165, 1.54) is 86.7 Å². The van der Waals surface area contributed by atoms with Gasteiger partial charge in [-0.15, -0.1) is 0 Å². The minimum Gasteiger partial charge on any atom is -0.469 e. The SMILES string of the molecule is C=C1CC[C@]2(C)C3=CC(=O)[C@@H]4[C@@H]5CC(C)(C)CC[C@]5(C(=O)OC)CC[C@@]4(C)[C@]3(C)CC[C@H]2C1(C)C.C=C1CC[C@]2(C)C3=CC(=O)[C@@H]4[C@@H]5CC(C)(C)CC[C@]5(C(=O)OC)CC[C@@]4(C)[C@]3(C)CC[C@H]2C1(C)C.C=C1CC[C@]2(C)C3=CC(=O)[C@@H]4[C@@H]5CC(C)(C)CC[C@]5(C(=O)OC)CC[C@@]4(C)[C@]3(C)CC[C@H]2C1(C)CC.COC(=O)[C@]12CCC(C)(C)C[C@H]1[C@H]1C(=O)C=C3[C@@]4(C)CCC(=O)C(C)(C)[C@@H]4CC[C@@]3(C)[C@]1(C)CC2. The minimum absolute atomic E-state index is 0.0184. The van der Waals surface area contributed by atoms with Crippen molar-refractivity contribution in [1.29, 1.82) is 0 Å². The van der Waals surface area contributed by atoms with Gasteiger partial charge in [-0.05, 0) is 406 Å². The predicted octanol–water partition coefficient (Wildman–Crippen LogP) is 30.2. The number of Topliss-reactive ketones (excluding diaryl/α,β-unsaturated/α-hetero) is 1. The summed E-state index contributed by atoms with van der Waals surface area (Å²) >= 11 is 0. The van der Waals surface area contributed by atoms with Crippen molar-refractivity contribution in [3.63, 3.8) is 0 Å². The lowest BCUT2D eigenvalue weighted by molar-refractivity contribution is -0.193. The number of hydrogen-bond acceptors (Lipinski definition) is 13. The van der Waals surface area contributed by atoms with Crippen molar-refractivity contribution in [3.8, 4) is 0 Å². The maximum absolute atomic E-state index is 14.4. The van der Waals surface area contributed by atoms with Gasteiger partial charge in [0.1, 0.15) is 5.78 Å². The second-order valence-corrected chi connectivity index (χ2v) is 60.4. The van der Waals surface area contributed by atoms with E-state index in [4.69, 9.17) is 18.9 Å². The van der Waals surface area contributed by atoms with Crippen LogP contribution in [0.4, 0.5) is 0 Å². The van der Waals surface area contributed by atoms with Gasteiger partial charge in [-0.3, -0.25) is 43.2 Å². The summed E-state index contributed by atoms with van der Waals surface area (Å²) in [5.41, 5.74) is 7.45. The molecule has 20 rings (SSSR count). The molecule has 13 nitrogen and oxygen atoms in total. The van der Waals surface area contributed by atoms with Crippen LogP contribution in [0.3, 0.4) is 0 Å². The lowest BCUT2D eigenvalue weighted by Gasteiger charge is -2.70. The van der Waals surface area contributed by atoms with Crippen LogP contribution in [0.5, 0.6) is 0 Å². The lowest BCUT2D eigenvalue weighted by atomic mass is 9.33. The van der Waals surface area contributed by atoms with Crippen LogP contribution in [0.1, 0.15) is 431 Å². The Morgan fingerprint density at radius 2 is 0.489 bits per heavy atom. The molecule has 0 aromatic heterocycles. The third-order valence-electron chi connectivity index (χ3n) is 52.2. The average molecular weight is 1940 g/mol. The highest BCUT2D eigenvalue weighted by Gasteiger charge is 2.78. The quantitative estimate of drug-likeness (QED) is 0.144. The molecule has 0 aromatic rings. The maximum Gasteiger partial charge on any atom is 0.312 e. The molecular weight excluding hydrogens is 1750 g/mol. The van der Waals surface area contributed by atoms with E-state index in [1.54, 1.807) is 0 Å². The van der Waals surface area contributed by atoms with Gasteiger partial charge in [0.2, 0.25) is 0 Å². The van der Waals surface area contributed by atoms with E-state index < -0.39 is 21.7 Å². The van der Waals surface area contributed by atoms with E-state index in [9.17, 15) is 43.2 Å². The molecule has 20 aliphatic carbocycles. The standard InChI is InChI=1S/C33H50O3.2C32H48O3.C31H46O4/c1-10-29(5)21(2)11-13-30(6)24(29)12-14-31(7)25(30)19-23(34)26-22-20-28(3,4)15-17-33(22,27(35)36-9)18-16-32(26,31)8;2*1-20-10-12-29(6)23(28(20,4)5)11-13-30(7)24(29)18-22(33)25-21-19-27(2,3)14-16-32(21,26(34)35-9)17-15-31(25,30)8;1-26(2)13-15-31(25(34)35-8)16-14-30(7)24(19(31)18-26)20(32)17-22-28(5)11-10-23(33)27(3,4)21(28)9-12-29(22,30)6/h19,22,24,26H,2,10-18,20H2,1,3-9H3;2*18,21,23,25H,1,10-17,19H2,2-9H3;17,19,21,24H,9-16,18H2,1-8H3/t22-,24-,26-,29?,30-,31+,32+,33-;2*21-,23-,25-,29-,30+,31+,32-;19-,21-,24-,28-,29+,30+,31-/m0000/s1. The van der Waals surface area contributed by atoms with Crippen molar-refractivity contribution in [2.24, 2.45) is 201 Å². The van der Waals surface area contributed by atoms with Crippen molar-refractivity contribution in [3.05, 3.63) is 83.1 Å². The number of fused-ring (bicyclic) bond motifs is 28. The molecule has 782 valence electrons. The van der Waals surface area contributed by atoms with E-state index >= 15 is 0 Å². The molecule has 16 saturated carbocycles. The van der Waals surface area contributed by atoms with Gasteiger partial charge in [-0.2, -0.15) is 0 Å². The van der Waals surface area contributed by atoms with Gasteiger partial charge in [-0.1, -0.05) is 253 Å². The van der Waals surface area contributed by atoms with Gasteiger partial charge in [0, 0.05) is 35.5 Å². The monoisotopic (exact) mass is 1940 g/mol. The zero-order chi connectivity index (χ0) is 104. The summed E-state index contributed by atoms with van der Waals surface area (Å²) in [6.07, 6.45) is 44.5. The molecule has 20 aliphatic rings. The average Bonchev–Trinajstić information content (AvgIpc) is 0.679. The van der Waals surface area contributed by atoms with Gasteiger partial charge in [0.25, 0.3) is 0 Å². The normalized spacial score (nSPS) is 48.4. The summed E-state index contributed by atoms with van der Waals surface area (Å²) in [6.45, 7) is 79.8. The molecule has 141 heavy (non-hydrogen) atoms. The minimum atomic E-state index is -0.536. The van der Waals surface area contributed by atoms with Crippen molar-refractivity contribution in [2.45, 2.75) is 431 Å². The van der Waals surface area contributed by atoms with E-state index in [0.717, 1.165) is 212 Å². The number of ether oxygens (including phenoxy) is 4. The molecule has 0 bridgehead atoms. The fourth-order valence-corrected chi connectivity index (χ4v) is 42.1. The molecule has 1 unspecified atom stereocenters. The fraction of sp³-hybridized carbons (Fsp3) is 0.820. The zero-order valence-corrected chi connectivity index (χ0v) is 94.8. The van der Waals surface area contributed by atoms with E-state index in [0.29, 0.717) is 47.3 Å². The number of allylic oxidation sites excluding steroid dienone is 11. The molecule has 0 aromatic carbocycles. The number of rotatable bonds is 5. The number of esters is 4. The number of methoxy groups -OCH3 is 4. The van der Waals surface area contributed by atoms with Gasteiger partial charge in [0.05, 0.1) is 50.1 Å². The van der Waals surface area contributed by atoms with Gasteiger partial charge < -0.3 is 18.9 Å². The van der Waals surface area contributed by atoms with Crippen molar-refractivity contribution in [1.82, 2.24) is 0 Å². The van der Waals surface area contributed by atoms with Crippen molar-refractivity contribution in [2.75, 3.05) is 28.4 Å². The molecular formula is C128H192O13. The van der Waals surface area contributed by atoms with Crippen LogP contribution in [-0.4, -0.2) is 81.2 Å². The summed E-state index contributed by atoms with van der Waals surface area (Å²) in [4.78, 5) is 124. The van der Waals surface area contributed by atoms with Crippen LogP contribution in [0, 0.1) is 201 Å². The first-order valence-corrected chi connectivity index (χ1v) is 56.9. The highest BCUT2D eigenvalue weighted by Crippen LogP contribution is 2.83. The molecule has 0 aliphatic heterocycles. The van der Waals surface area contributed by atoms with Crippen LogP contribution < -0.4 is 0 Å². The van der Waals surface area contributed by atoms with Crippen LogP contribution in [0.2, 0.25) is 0 Å². The van der Waals surface area contributed by atoms with Crippen LogP contribution in [0.15, 0.2) is 83.1 Å². The number of ketones is 5. The molecule has 0 amide bonds. The third-order valence-corrected chi connectivity index (χ3v) is 52.2. The molecule has 29 atom stereocenters. The lowest BCUT2D eigenvalue weighted by Crippen LogP contribution is -2.66. The Morgan fingerprint density at radius 1 is 0.277 bits per heavy atom. The largest absolute Gasteiger partial charge is 0.469 e. The summed E-state index contributed by atoms with van der Waals surface area (Å²) in [6, 6.07) is 0. The molecule has 0 radical (unpaired) electrons. The topological polar surface area (TPSA) is 191 Å². The summed E-state index contributed by atoms with van der Waals surface area (Å²) in [5, 5.41) is 0. The molecule has 13 heteroatoms. The molecule has 16 fully saturated rings. The number of carbonyl (C=O) groups is 9. The molecule has 0 heterocycles. The summed E-state index contributed by atoms with van der Waals surface area (Å²) in [5.74, 6) is 2.78. The smallest absolute Gasteiger partial charge is 0.312 e. The second-order valence-electron chi connectivity index (χ2n) is 60.4. The molecule has 0 saturated heterocycles. The Kier molecular flexibility index (Phi) is 25.3. The Morgan fingerprint density at radius 3 is 0.730 bits per heavy atom. The van der Waals surface area contributed by atoms with Gasteiger partial charge in [0.15, 0.2) is 23.1 Å². The fourth-order valence-electron chi connectivity index (χ4n) is 42.1. The van der Waals surface area contributed by atoms with E-state index in [1.807, 2.05) is 6.08 Å². The molecule has 0 N–H and O–H groups in total.